The lowest BCUT2D eigenvalue weighted by Gasteiger charge is -2.13. The Morgan fingerprint density at radius 3 is 2.45 bits per heavy atom. The zero-order chi connectivity index (χ0) is 20.8. The Morgan fingerprint density at radius 2 is 1.72 bits per heavy atom. The average molecular weight is 395 g/mol. The Morgan fingerprint density at radius 1 is 1.00 bits per heavy atom. The van der Waals surface area contributed by atoms with Crippen LogP contribution < -0.4 is 14.8 Å². The summed E-state index contributed by atoms with van der Waals surface area (Å²) >= 11 is 0. The Hall–Kier alpha value is -2.95. The number of ether oxygens (including phenoxy) is 2. The molecule has 29 heavy (non-hydrogen) atoms. The molecule has 0 saturated heterocycles. The third-order valence-electron chi connectivity index (χ3n) is 5.06. The molecule has 3 rings (SSSR count). The fraction of sp³-hybridized carbons (Fsp3) is 0.375. The summed E-state index contributed by atoms with van der Waals surface area (Å²) in [6.07, 6.45) is 0.726. The molecule has 154 valence electrons. The van der Waals surface area contributed by atoms with E-state index in [9.17, 15) is 4.79 Å². The summed E-state index contributed by atoms with van der Waals surface area (Å²) in [6, 6.07) is 14.1. The Labute approximate surface area is 172 Å². The molecule has 0 atom stereocenters. The number of rotatable bonds is 9. The van der Waals surface area contributed by atoms with Crippen molar-refractivity contribution >= 4 is 16.8 Å². The second-order valence-corrected chi connectivity index (χ2v) is 6.89. The zero-order valence-corrected chi connectivity index (χ0v) is 17.7. The molecule has 5 nitrogen and oxygen atoms in total. The lowest BCUT2D eigenvalue weighted by molar-refractivity contribution is 0.0945. The Bertz CT molecular complexity index is 991. The highest BCUT2D eigenvalue weighted by Gasteiger charge is 2.18. The molecule has 1 aromatic heterocycles. The molecule has 0 aliphatic rings. The maximum Gasteiger partial charge on any atom is 0.268 e. The third kappa shape index (κ3) is 4.39. The summed E-state index contributed by atoms with van der Waals surface area (Å²) in [5.41, 5.74) is 3.98. The van der Waals surface area contributed by atoms with Gasteiger partial charge in [-0.2, -0.15) is 0 Å². The van der Waals surface area contributed by atoms with Crippen molar-refractivity contribution < 1.29 is 14.3 Å². The van der Waals surface area contributed by atoms with Crippen LogP contribution in [-0.4, -0.2) is 30.2 Å². The van der Waals surface area contributed by atoms with E-state index < -0.39 is 0 Å². The first-order valence-corrected chi connectivity index (χ1v) is 10.3. The maximum absolute atomic E-state index is 12.9. The number of nitrogens with zero attached hydrogens (tertiary/aromatic N) is 1. The van der Waals surface area contributed by atoms with E-state index in [-0.39, 0.29) is 5.91 Å². The summed E-state index contributed by atoms with van der Waals surface area (Å²) in [5, 5.41) is 4.22. The molecule has 0 saturated carbocycles. The van der Waals surface area contributed by atoms with Gasteiger partial charge in [0.1, 0.15) is 5.69 Å². The van der Waals surface area contributed by atoms with Gasteiger partial charge in [0, 0.05) is 24.0 Å². The average Bonchev–Trinajstić information content (AvgIpc) is 3.02. The number of para-hydroxylation sites is 1. The molecule has 0 unspecified atom stereocenters. The van der Waals surface area contributed by atoms with Gasteiger partial charge in [-0.25, -0.2) is 0 Å². The molecule has 0 radical (unpaired) electrons. The lowest BCUT2D eigenvalue weighted by Crippen LogP contribution is -2.28. The van der Waals surface area contributed by atoms with Crippen LogP contribution in [0.1, 0.15) is 42.4 Å². The van der Waals surface area contributed by atoms with Crippen LogP contribution >= 0.6 is 0 Å². The molecular formula is C24H30N2O3. The highest BCUT2D eigenvalue weighted by atomic mass is 16.5. The predicted molar refractivity (Wildman–Crippen MR) is 117 cm³/mol. The van der Waals surface area contributed by atoms with Crippen LogP contribution in [0.4, 0.5) is 0 Å². The van der Waals surface area contributed by atoms with Gasteiger partial charge in [-0.15, -0.1) is 0 Å². The predicted octanol–water partition coefficient (Wildman–Crippen LogP) is 4.74. The summed E-state index contributed by atoms with van der Waals surface area (Å²) < 4.78 is 13.4. The van der Waals surface area contributed by atoms with Gasteiger partial charge in [0.25, 0.3) is 5.91 Å². The molecule has 1 N–H and O–H groups in total. The van der Waals surface area contributed by atoms with Crippen molar-refractivity contribution in [2.45, 2.75) is 40.7 Å². The van der Waals surface area contributed by atoms with E-state index in [2.05, 4.69) is 28.9 Å². The van der Waals surface area contributed by atoms with Crippen molar-refractivity contribution in [2.24, 2.45) is 0 Å². The van der Waals surface area contributed by atoms with Crippen LogP contribution in [0.3, 0.4) is 0 Å². The molecule has 0 aliphatic carbocycles. The smallest absolute Gasteiger partial charge is 0.268 e. The van der Waals surface area contributed by atoms with Gasteiger partial charge in [0.15, 0.2) is 11.5 Å². The first-order chi connectivity index (χ1) is 14.1. The first-order valence-electron chi connectivity index (χ1n) is 10.3. The number of nitrogens with one attached hydrogen (secondary N) is 1. The fourth-order valence-electron chi connectivity index (χ4n) is 3.75. The van der Waals surface area contributed by atoms with Gasteiger partial charge in [-0.05, 0) is 63.4 Å². The third-order valence-corrected chi connectivity index (χ3v) is 5.06. The SMILES string of the molecule is CCOc1ccc(CCNC(=O)c2c(C)c3ccccc3n2CC)cc1OCC. The number of hydrogen-bond donors (Lipinski definition) is 1. The minimum Gasteiger partial charge on any atom is -0.490 e. The number of hydrogen-bond acceptors (Lipinski definition) is 3. The molecule has 0 bridgehead atoms. The van der Waals surface area contributed by atoms with Crippen LogP contribution in [0.5, 0.6) is 11.5 Å². The minimum absolute atomic E-state index is 0.0310. The molecule has 5 heteroatoms. The van der Waals surface area contributed by atoms with Gasteiger partial charge < -0.3 is 19.4 Å². The van der Waals surface area contributed by atoms with Crippen molar-refractivity contribution in [1.82, 2.24) is 9.88 Å². The van der Waals surface area contributed by atoms with Gasteiger partial charge >= 0.3 is 0 Å². The van der Waals surface area contributed by atoms with E-state index >= 15 is 0 Å². The normalized spacial score (nSPS) is 10.9. The maximum atomic E-state index is 12.9. The number of aromatic nitrogens is 1. The van der Waals surface area contributed by atoms with Crippen LogP contribution in [0, 0.1) is 6.92 Å². The second-order valence-electron chi connectivity index (χ2n) is 6.89. The van der Waals surface area contributed by atoms with Crippen LogP contribution in [0.25, 0.3) is 10.9 Å². The zero-order valence-electron chi connectivity index (χ0n) is 17.7. The topological polar surface area (TPSA) is 52.5 Å². The first kappa shape index (κ1) is 20.8. The number of aryl methyl sites for hydroxylation is 2. The molecule has 1 amide bonds. The van der Waals surface area contributed by atoms with E-state index in [0.717, 1.165) is 52.2 Å². The fourth-order valence-corrected chi connectivity index (χ4v) is 3.75. The molecule has 0 fully saturated rings. The van der Waals surface area contributed by atoms with E-state index in [1.165, 1.54) is 0 Å². The standard InChI is InChI=1S/C24H30N2O3/c1-5-26-20-11-9-8-10-19(20)17(4)23(26)24(27)25-15-14-18-12-13-21(28-6-2)22(16-18)29-7-3/h8-13,16H,5-7,14-15H2,1-4H3,(H,25,27). The van der Waals surface area contributed by atoms with E-state index in [0.29, 0.717) is 19.8 Å². The van der Waals surface area contributed by atoms with Crippen molar-refractivity contribution in [3.05, 3.63) is 59.3 Å². The number of carbonyl (C=O) groups is 1. The lowest BCUT2D eigenvalue weighted by atomic mass is 10.1. The second kappa shape index (κ2) is 9.50. The van der Waals surface area contributed by atoms with Gasteiger partial charge in [0.2, 0.25) is 0 Å². The van der Waals surface area contributed by atoms with E-state index in [1.807, 2.05) is 51.1 Å². The molecule has 1 heterocycles. The van der Waals surface area contributed by atoms with Gasteiger partial charge in [-0.1, -0.05) is 24.3 Å². The monoisotopic (exact) mass is 394 g/mol. The summed E-state index contributed by atoms with van der Waals surface area (Å²) in [4.78, 5) is 12.9. The number of benzene rings is 2. The molecule has 3 aromatic rings. The number of carbonyl (C=O) groups excluding carboxylic acids is 1. The van der Waals surface area contributed by atoms with Gasteiger partial charge in [-0.3, -0.25) is 4.79 Å². The number of fused-ring (bicyclic) bond motifs is 1. The van der Waals surface area contributed by atoms with Crippen LogP contribution in [0.2, 0.25) is 0 Å². The van der Waals surface area contributed by atoms with Crippen molar-refractivity contribution in [3.8, 4) is 11.5 Å². The highest BCUT2D eigenvalue weighted by Crippen LogP contribution is 2.29. The molecule has 0 spiro atoms. The highest BCUT2D eigenvalue weighted by molar-refractivity contribution is 6.01. The summed E-state index contributed by atoms with van der Waals surface area (Å²) in [6.45, 7) is 10.5. The van der Waals surface area contributed by atoms with Crippen LogP contribution in [-0.2, 0) is 13.0 Å². The van der Waals surface area contributed by atoms with Crippen LogP contribution in [0.15, 0.2) is 42.5 Å². The van der Waals surface area contributed by atoms with E-state index in [4.69, 9.17) is 9.47 Å². The largest absolute Gasteiger partial charge is 0.490 e. The molecule has 0 aliphatic heterocycles. The number of amides is 1. The molecule has 2 aromatic carbocycles. The van der Waals surface area contributed by atoms with E-state index in [1.54, 1.807) is 0 Å². The van der Waals surface area contributed by atoms with Crippen molar-refractivity contribution in [3.63, 3.8) is 0 Å². The molecular weight excluding hydrogens is 364 g/mol. The Kier molecular flexibility index (Phi) is 6.81. The van der Waals surface area contributed by atoms with Crippen molar-refractivity contribution in [1.29, 1.82) is 0 Å². The Balaban J connectivity index is 1.71. The van der Waals surface area contributed by atoms with Crippen molar-refractivity contribution in [2.75, 3.05) is 19.8 Å². The van der Waals surface area contributed by atoms with Gasteiger partial charge in [0.05, 0.1) is 13.2 Å². The summed E-state index contributed by atoms with van der Waals surface area (Å²) in [7, 11) is 0. The quantitative estimate of drug-likeness (QED) is 0.570. The summed E-state index contributed by atoms with van der Waals surface area (Å²) in [5.74, 6) is 1.47. The minimum atomic E-state index is -0.0310.